The van der Waals surface area contributed by atoms with Crippen LogP contribution in [0.15, 0.2) is 0 Å². The molecule has 0 aromatic rings. The van der Waals surface area contributed by atoms with E-state index in [2.05, 4.69) is 0 Å². The van der Waals surface area contributed by atoms with E-state index in [9.17, 15) is 0 Å². The molecule has 0 rings (SSSR count). The summed E-state index contributed by atoms with van der Waals surface area (Å²) in [4.78, 5) is 16.7. The summed E-state index contributed by atoms with van der Waals surface area (Å²) in [5, 5.41) is 27.3. The van der Waals surface area contributed by atoms with Crippen LogP contribution in [0.1, 0.15) is 0 Å². The van der Waals surface area contributed by atoms with Gasteiger partial charge >= 0.3 is 0 Å². The Hall–Kier alpha value is -0.0805. The summed E-state index contributed by atoms with van der Waals surface area (Å²) in [5.74, 6) is 0. The summed E-state index contributed by atoms with van der Waals surface area (Å²) in [5.41, 5.74) is 0. The molecule has 0 radical (unpaired) electrons. The summed E-state index contributed by atoms with van der Waals surface area (Å²) in [6.07, 6.45) is 0. The van der Waals surface area contributed by atoms with Crippen molar-refractivity contribution in [1.29, 1.82) is 0 Å². The van der Waals surface area contributed by atoms with Gasteiger partial charge in [0.15, 0.2) is 0 Å². The molecule has 0 aliphatic rings. The van der Waals surface area contributed by atoms with Crippen molar-refractivity contribution < 1.29 is 67.5 Å². The fourth-order valence-corrected chi connectivity index (χ4v) is 0. The molecule has 0 heterocycles. The molecule has 0 aliphatic heterocycles. The van der Waals surface area contributed by atoms with Gasteiger partial charge in [-0.1, -0.05) is 0 Å². The van der Waals surface area contributed by atoms with Crippen LogP contribution in [0, 0.1) is 67.2 Å². The minimum atomic E-state index is -1.50. The number of nitrogens with zero attached hydrogens (tertiary/aromatic N) is 2. The fourth-order valence-electron chi connectivity index (χ4n) is 0. The summed E-state index contributed by atoms with van der Waals surface area (Å²) >= 11 is 0. The minimum absolute atomic E-state index is 0. The molecule has 0 saturated heterocycles. The second kappa shape index (κ2) is 10.8. The van der Waals surface area contributed by atoms with E-state index in [1.165, 1.54) is 0 Å². The van der Waals surface area contributed by atoms with Crippen LogP contribution < -0.4 is 0 Å². The molecule has 0 aromatic carbocycles. The Morgan fingerprint density at radius 3 is 1.00 bits per heavy atom. The van der Waals surface area contributed by atoms with Gasteiger partial charge in [-0.25, -0.2) is 0 Å². The standard InChI is InChI=1S/2HNO3.Yb/c2*2-1(3)4;/h2*(H,2,3,4);. The Morgan fingerprint density at radius 2 is 1.00 bits per heavy atom. The molecule has 0 spiro atoms. The second-order valence-electron chi connectivity index (χ2n) is 0.476. The second-order valence-corrected chi connectivity index (χ2v) is 0.476. The Bertz CT molecular complexity index is 69.1. The van der Waals surface area contributed by atoms with E-state index in [4.69, 9.17) is 30.6 Å². The molecule has 9 heavy (non-hydrogen) atoms. The normalized spacial score (nSPS) is 5.33. The van der Waals surface area contributed by atoms with Gasteiger partial charge in [-0.2, -0.15) is 0 Å². The Balaban J connectivity index is -0.0000000720. The van der Waals surface area contributed by atoms with Crippen LogP contribution in [-0.2, 0) is 0 Å². The maximum atomic E-state index is 8.36. The van der Waals surface area contributed by atoms with Crippen LogP contribution in [0.5, 0.6) is 0 Å². The topological polar surface area (TPSA) is 127 Å². The van der Waals surface area contributed by atoms with Crippen LogP contribution in [-0.4, -0.2) is 20.6 Å². The van der Waals surface area contributed by atoms with Gasteiger partial charge in [0.2, 0.25) is 0 Å². The third-order valence-corrected chi connectivity index (χ3v) is 0. The van der Waals surface area contributed by atoms with Gasteiger partial charge in [0.25, 0.3) is 10.2 Å². The summed E-state index contributed by atoms with van der Waals surface area (Å²) < 4.78 is 0. The molecule has 62 valence electrons. The zero-order valence-electron chi connectivity index (χ0n) is 3.69. The molecule has 9 heteroatoms. The summed E-state index contributed by atoms with van der Waals surface area (Å²) in [7, 11) is 0. The third kappa shape index (κ3) is 42800. The fraction of sp³-hybridized carbons (Fsp3) is 0. The molecular formula is H2N2O6Yb. The predicted molar refractivity (Wildman–Crippen MR) is 17.6 cm³/mol. The van der Waals surface area contributed by atoms with Gasteiger partial charge < -0.3 is 10.4 Å². The molecule has 0 atom stereocenters. The smallest absolute Gasteiger partial charge is 0.291 e. The van der Waals surface area contributed by atoms with E-state index in [1.807, 2.05) is 0 Å². The van der Waals surface area contributed by atoms with E-state index < -0.39 is 10.2 Å². The first-order valence-corrected chi connectivity index (χ1v) is 1.13. The quantitative estimate of drug-likeness (QED) is 0.450. The van der Waals surface area contributed by atoms with Crippen molar-refractivity contribution in [2.24, 2.45) is 0 Å². The van der Waals surface area contributed by atoms with Gasteiger partial charge in [0.05, 0.1) is 0 Å². The first-order chi connectivity index (χ1) is 3.46. The molecule has 0 saturated carbocycles. The first-order valence-electron chi connectivity index (χ1n) is 1.13. The molecule has 0 unspecified atom stereocenters. The van der Waals surface area contributed by atoms with Gasteiger partial charge in [0.1, 0.15) is 0 Å². The van der Waals surface area contributed by atoms with Crippen molar-refractivity contribution in [2.45, 2.75) is 0 Å². The summed E-state index contributed by atoms with van der Waals surface area (Å²) in [6.45, 7) is 0. The van der Waals surface area contributed by atoms with E-state index in [0.717, 1.165) is 0 Å². The zero-order chi connectivity index (χ0) is 7.15. The van der Waals surface area contributed by atoms with Crippen LogP contribution in [0.2, 0.25) is 0 Å². The zero-order valence-corrected chi connectivity index (χ0v) is 5.40. The van der Waals surface area contributed by atoms with Crippen LogP contribution in [0.25, 0.3) is 0 Å². The van der Waals surface area contributed by atoms with E-state index in [1.54, 1.807) is 0 Å². The van der Waals surface area contributed by atoms with Gasteiger partial charge in [-0.3, -0.25) is 0 Å². The average molecular weight is 299 g/mol. The Morgan fingerprint density at radius 1 is 1.00 bits per heavy atom. The summed E-state index contributed by atoms with van der Waals surface area (Å²) in [6, 6.07) is 0. The number of rotatable bonds is 0. The van der Waals surface area contributed by atoms with Crippen molar-refractivity contribution >= 4 is 0 Å². The van der Waals surface area contributed by atoms with Crippen molar-refractivity contribution in [2.75, 3.05) is 0 Å². The molecule has 0 bridgehead atoms. The van der Waals surface area contributed by atoms with Crippen LogP contribution in [0.3, 0.4) is 0 Å². The Kier molecular flexibility index (Phi) is 19.2. The van der Waals surface area contributed by atoms with Crippen molar-refractivity contribution in [3.05, 3.63) is 20.2 Å². The molecule has 8 nitrogen and oxygen atoms in total. The van der Waals surface area contributed by atoms with Crippen molar-refractivity contribution in [3.8, 4) is 0 Å². The first kappa shape index (κ1) is 16.0. The predicted octanol–water partition coefficient (Wildman–Crippen LogP) is -0.695. The molecule has 0 aliphatic carbocycles. The van der Waals surface area contributed by atoms with Crippen LogP contribution >= 0.6 is 0 Å². The SMILES string of the molecule is O=[N+]([O-])O.O=[N+]([O-])O.[Yb]. The van der Waals surface area contributed by atoms with Gasteiger partial charge in [-0.05, 0) is 0 Å². The molecule has 0 fully saturated rings. The maximum Gasteiger partial charge on any atom is 0.291 e. The van der Waals surface area contributed by atoms with E-state index >= 15 is 0 Å². The van der Waals surface area contributed by atoms with Gasteiger partial charge in [0, 0.05) is 46.9 Å². The molecule has 2 N–H and O–H groups in total. The number of hydrogen-bond acceptors (Lipinski definition) is 4. The molecule has 0 aromatic heterocycles. The monoisotopic (exact) mass is 300 g/mol. The van der Waals surface area contributed by atoms with Crippen LogP contribution in [0.4, 0.5) is 0 Å². The maximum absolute atomic E-state index is 8.36. The number of hydrogen-bond donors (Lipinski definition) is 2. The van der Waals surface area contributed by atoms with E-state index in [-0.39, 0.29) is 46.9 Å². The third-order valence-electron chi connectivity index (χ3n) is 0. The van der Waals surface area contributed by atoms with Crippen molar-refractivity contribution in [1.82, 2.24) is 0 Å². The van der Waals surface area contributed by atoms with E-state index in [0.29, 0.717) is 0 Å². The molecular weight excluding hydrogens is 297 g/mol. The van der Waals surface area contributed by atoms with Crippen molar-refractivity contribution in [3.63, 3.8) is 0 Å². The largest absolute Gasteiger partial charge is 0.328 e. The Labute approximate surface area is 86.9 Å². The average Bonchev–Trinajstić information content (AvgIpc) is 1.25. The minimum Gasteiger partial charge on any atom is -0.328 e. The molecule has 0 amide bonds. The van der Waals surface area contributed by atoms with Gasteiger partial charge in [-0.15, -0.1) is 20.2 Å².